The van der Waals surface area contributed by atoms with Crippen LogP contribution in [0.1, 0.15) is 35.8 Å². The monoisotopic (exact) mass is 365 g/mol. The zero-order valence-corrected chi connectivity index (χ0v) is 15.3. The number of benzene rings is 1. The first-order valence-electron chi connectivity index (χ1n) is 9.36. The maximum Gasteiger partial charge on any atom is 0.251 e. The Bertz CT molecular complexity index is 873. The molecule has 0 unspecified atom stereocenters. The highest BCUT2D eigenvalue weighted by atomic mass is 16.6. The van der Waals surface area contributed by atoms with Gasteiger partial charge in [-0.1, -0.05) is 12.1 Å². The van der Waals surface area contributed by atoms with Gasteiger partial charge in [-0.25, -0.2) is 0 Å². The first-order valence-corrected chi connectivity index (χ1v) is 9.36. The van der Waals surface area contributed by atoms with Crippen molar-refractivity contribution in [2.45, 2.75) is 43.1 Å². The number of carbonyl (C=O) groups is 1. The van der Waals surface area contributed by atoms with Gasteiger partial charge in [0.15, 0.2) is 0 Å². The third-order valence-electron chi connectivity index (χ3n) is 6.01. The largest absolute Gasteiger partial charge is 0.379 e. The van der Waals surface area contributed by atoms with Gasteiger partial charge in [-0.3, -0.25) is 9.78 Å². The average molecular weight is 365 g/mol. The minimum absolute atomic E-state index is 0.0599. The molecule has 0 radical (unpaired) electrons. The van der Waals surface area contributed by atoms with E-state index in [2.05, 4.69) is 22.5 Å². The van der Waals surface area contributed by atoms with Gasteiger partial charge >= 0.3 is 0 Å². The molecule has 1 aromatic heterocycles. The zero-order chi connectivity index (χ0) is 18.5. The summed E-state index contributed by atoms with van der Waals surface area (Å²) in [6.07, 6.45) is 3.48. The van der Waals surface area contributed by atoms with Crippen LogP contribution in [0, 0.1) is 0 Å². The molecule has 3 saturated heterocycles. The lowest BCUT2D eigenvalue weighted by molar-refractivity contribution is -0.205. The van der Waals surface area contributed by atoms with Gasteiger partial charge in [-0.2, -0.15) is 0 Å². The van der Waals surface area contributed by atoms with Crippen LogP contribution >= 0.6 is 0 Å². The highest BCUT2D eigenvalue weighted by Crippen LogP contribution is 2.62. The Kier molecular flexibility index (Phi) is 3.58. The molecule has 6 heteroatoms. The lowest BCUT2D eigenvalue weighted by Gasteiger charge is -2.50. The fourth-order valence-electron chi connectivity index (χ4n) is 4.77. The number of aromatic nitrogens is 1. The van der Waals surface area contributed by atoms with Crippen LogP contribution in [-0.4, -0.2) is 40.8 Å². The van der Waals surface area contributed by atoms with E-state index < -0.39 is 0 Å². The molecule has 1 saturated carbocycles. The van der Waals surface area contributed by atoms with E-state index in [1.165, 1.54) is 0 Å². The molecule has 1 aromatic carbocycles. The van der Waals surface area contributed by atoms with Crippen molar-refractivity contribution in [3.05, 3.63) is 59.9 Å². The SMILES string of the molecule is CC12CC(NC(=O)c3cccc(NCc4ccccn4)c3)(C1)C1(COC1)O2. The maximum absolute atomic E-state index is 12.9. The van der Waals surface area contributed by atoms with Crippen molar-refractivity contribution < 1.29 is 14.3 Å². The summed E-state index contributed by atoms with van der Waals surface area (Å²) in [6.45, 7) is 3.86. The number of anilines is 1. The number of rotatable bonds is 5. The number of pyridine rings is 1. The number of hydrogen-bond donors (Lipinski definition) is 2. The van der Waals surface area contributed by atoms with Gasteiger partial charge in [-0.05, 0) is 37.3 Å². The van der Waals surface area contributed by atoms with Gasteiger partial charge in [0, 0.05) is 30.3 Å². The molecule has 2 aromatic rings. The van der Waals surface area contributed by atoms with Crippen LogP contribution in [0.15, 0.2) is 48.7 Å². The molecule has 4 aliphatic rings. The van der Waals surface area contributed by atoms with E-state index in [0.717, 1.165) is 24.2 Å². The van der Waals surface area contributed by atoms with E-state index >= 15 is 0 Å². The molecule has 6 nitrogen and oxygen atoms in total. The second kappa shape index (κ2) is 5.78. The Morgan fingerprint density at radius 1 is 1.19 bits per heavy atom. The molecule has 1 aliphatic carbocycles. The van der Waals surface area contributed by atoms with Crippen molar-refractivity contribution in [1.82, 2.24) is 10.3 Å². The van der Waals surface area contributed by atoms with Crippen LogP contribution in [0.4, 0.5) is 5.69 Å². The lowest BCUT2D eigenvalue weighted by Crippen LogP contribution is -2.71. The van der Waals surface area contributed by atoms with Crippen molar-refractivity contribution in [1.29, 1.82) is 0 Å². The van der Waals surface area contributed by atoms with E-state index in [-0.39, 0.29) is 22.6 Å². The molecule has 2 N–H and O–H groups in total. The molecular weight excluding hydrogens is 342 g/mol. The smallest absolute Gasteiger partial charge is 0.251 e. The quantitative estimate of drug-likeness (QED) is 0.852. The molecule has 2 bridgehead atoms. The second-order valence-electron chi connectivity index (χ2n) is 8.18. The van der Waals surface area contributed by atoms with Crippen LogP contribution in [0.2, 0.25) is 0 Å². The van der Waals surface area contributed by atoms with Crippen LogP contribution in [0.3, 0.4) is 0 Å². The molecule has 4 fully saturated rings. The fraction of sp³-hybridized carbons (Fsp3) is 0.429. The minimum Gasteiger partial charge on any atom is -0.379 e. The van der Waals surface area contributed by atoms with Gasteiger partial charge in [0.1, 0.15) is 5.60 Å². The van der Waals surface area contributed by atoms with E-state index in [9.17, 15) is 4.79 Å². The molecular formula is C21H23N3O3. The van der Waals surface area contributed by atoms with Crippen molar-refractivity contribution in [2.24, 2.45) is 0 Å². The maximum atomic E-state index is 12.9. The lowest BCUT2D eigenvalue weighted by atomic mass is 9.61. The number of carbonyl (C=O) groups excluding carboxylic acids is 1. The molecule has 27 heavy (non-hydrogen) atoms. The molecule has 4 heterocycles. The number of ether oxygens (including phenoxy) is 2. The molecule has 0 atom stereocenters. The van der Waals surface area contributed by atoms with E-state index in [4.69, 9.17) is 9.47 Å². The fourth-order valence-corrected chi connectivity index (χ4v) is 4.77. The Morgan fingerprint density at radius 3 is 2.74 bits per heavy atom. The number of nitrogens with zero attached hydrogens (tertiary/aromatic N) is 1. The Morgan fingerprint density at radius 2 is 2.04 bits per heavy atom. The Balaban J connectivity index is 1.28. The highest BCUT2D eigenvalue weighted by molar-refractivity contribution is 5.96. The third-order valence-corrected chi connectivity index (χ3v) is 6.01. The standard InChI is InChI=1S/C21H23N3O3/c1-19-11-20(12-19,21(27-19)13-26-14-21)24-18(25)15-5-4-7-16(9-15)23-10-17-6-2-3-8-22-17/h2-9,23H,10-14H2,1H3,(H,24,25). The predicted octanol–water partition coefficient (Wildman–Crippen LogP) is 2.51. The normalized spacial score (nSPS) is 29.7. The van der Waals surface area contributed by atoms with Crippen molar-refractivity contribution in [3.8, 4) is 0 Å². The average Bonchev–Trinajstić information content (AvgIpc) is 3.04. The van der Waals surface area contributed by atoms with Gasteiger partial charge in [-0.15, -0.1) is 0 Å². The van der Waals surface area contributed by atoms with Crippen molar-refractivity contribution in [3.63, 3.8) is 0 Å². The van der Waals surface area contributed by atoms with Gasteiger partial charge < -0.3 is 20.1 Å². The summed E-state index contributed by atoms with van der Waals surface area (Å²) in [7, 11) is 0. The van der Waals surface area contributed by atoms with Gasteiger partial charge in [0.25, 0.3) is 5.91 Å². The summed E-state index contributed by atoms with van der Waals surface area (Å²) in [5, 5.41) is 6.60. The van der Waals surface area contributed by atoms with E-state index in [1.807, 2.05) is 42.5 Å². The van der Waals surface area contributed by atoms with Gasteiger partial charge in [0.05, 0.1) is 36.6 Å². The van der Waals surface area contributed by atoms with Crippen LogP contribution in [0.25, 0.3) is 0 Å². The van der Waals surface area contributed by atoms with E-state index in [1.54, 1.807) is 6.20 Å². The van der Waals surface area contributed by atoms with Crippen molar-refractivity contribution in [2.75, 3.05) is 18.5 Å². The Hall–Kier alpha value is -2.44. The van der Waals surface area contributed by atoms with Crippen LogP contribution in [0.5, 0.6) is 0 Å². The summed E-state index contributed by atoms with van der Waals surface area (Å²) in [4.78, 5) is 17.2. The summed E-state index contributed by atoms with van der Waals surface area (Å²) in [6, 6.07) is 13.4. The molecule has 1 spiro atoms. The highest BCUT2D eigenvalue weighted by Gasteiger charge is 2.76. The molecule has 3 aliphatic heterocycles. The Labute approximate surface area is 158 Å². The van der Waals surface area contributed by atoms with Gasteiger partial charge in [0.2, 0.25) is 0 Å². The van der Waals surface area contributed by atoms with E-state index in [0.29, 0.717) is 25.3 Å². The summed E-state index contributed by atoms with van der Waals surface area (Å²) >= 11 is 0. The summed E-state index contributed by atoms with van der Waals surface area (Å²) in [5.41, 5.74) is 1.74. The topological polar surface area (TPSA) is 72.5 Å². The van der Waals surface area contributed by atoms with Crippen molar-refractivity contribution >= 4 is 11.6 Å². The number of hydrogen-bond acceptors (Lipinski definition) is 5. The first-order chi connectivity index (χ1) is 13.0. The van der Waals surface area contributed by atoms with Crippen LogP contribution in [-0.2, 0) is 16.0 Å². The summed E-state index contributed by atoms with van der Waals surface area (Å²) < 4.78 is 11.7. The molecule has 140 valence electrons. The first kappa shape index (κ1) is 16.7. The molecule has 6 rings (SSSR count). The number of nitrogens with one attached hydrogen (secondary N) is 2. The second-order valence-corrected chi connectivity index (χ2v) is 8.18. The molecule has 1 amide bonds. The predicted molar refractivity (Wildman–Crippen MR) is 100 cm³/mol. The minimum atomic E-state index is -0.341. The zero-order valence-electron chi connectivity index (χ0n) is 15.3. The third kappa shape index (κ3) is 2.63. The summed E-state index contributed by atoms with van der Waals surface area (Å²) in [5.74, 6) is -0.0599. The van der Waals surface area contributed by atoms with Crippen LogP contribution < -0.4 is 10.6 Å². The number of amides is 1.